The number of hydrogen-bond acceptors (Lipinski definition) is 5. The van der Waals surface area contributed by atoms with Crippen LogP contribution in [-0.4, -0.2) is 40.8 Å². The monoisotopic (exact) mass is 406 g/mol. The number of nitrogens with zero attached hydrogens (tertiary/aromatic N) is 1. The Labute approximate surface area is 166 Å². The number of rotatable bonds is 8. The Bertz CT molecular complexity index is 912. The number of sulfonamides is 1. The molecule has 8 heteroatoms. The van der Waals surface area contributed by atoms with Crippen LogP contribution >= 0.6 is 0 Å². The molecule has 2 rings (SSSR count). The summed E-state index contributed by atoms with van der Waals surface area (Å²) in [4.78, 5) is 12.8. The van der Waals surface area contributed by atoms with Crippen LogP contribution in [0.2, 0.25) is 0 Å². The molecule has 0 saturated carbocycles. The second-order valence-electron chi connectivity index (χ2n) is 6.41. The zero-order valence-corrected chi connectivity index (χ0v) is 17.5. The molecule has 152 valence electrons. The first-order valence-corrected chi connectivity index (χ1v) is 10.6. The second kappa shape index (κ2) is 8.97. The van der Waals surface area contributed by atoms with Gasteiger partial charge in [0.15, 0.2) is 0 Å². The topological polar surface area (TPSA) is 84.9 Å². The number of ether oxygens (including phenoxy) is 2. The molecule has 0 unspecified atom stereocenters. The molecule has 28 heavy (non-hydrogen) atoms. The summed E-state index contributed by atoms with van der Waals surface area (Å²) in [5.74, 6) is 0.830. The van der Waals surface area contributed by atoms with Crippen molar-refractivity contribution in [2.24, 2.45) is 0 Å². The van der Waals surface area contributed by atoms with Crippen molar-refractivity contribution in [2.45, 2.75) is 25.9 Å². The van der Waals surface area contributed by atoms with E-state index in [1.807, 2.05) is 31.2 Å². The van der Waals surface area contributed by atoms with Gasteiger partial charge in [-0.15, -0.1) is 0 Å². The maximum absolute atomic E-state index is 12.8. The van der Waals surface area contributed by atoms with E-state index in [4.69, 9.17) is 9.47 Å². The highest BCUT2D eigenvalue weighted by Crippen LogP contribution is 2.26. The zero-order valence-electron chi connectivity index (χ0n) is 16.7. The van der Waals surface area contributed by atoms with E-state index in [0.29, 0.717) is 17.2 Å². The molecule has 0 fully saturated rings. The summed E-state index contributed by atoms with van der Waals surface area (Å²) in [6.45, 7) is 3.37. The highest BCUT2D eigenvalue weighted by atomic mass is 32.2. The van der Waals surface area contributed by atoms with Crippen LogP contribution in [0.3, 0.4) is 0 Å². The predicted octanol–water partition coefficient (Wildman–Crippen LogP) is 2.74. The fraction of sp³-hybridized carbons (Fsp3) is 0.350. The largest absolute Gasteiger partial charge is 0.497 e. The van der Waals surface area contributed by atoms with Gasteiger partial charge in [0.05, 0.1) is 32.2 Å². The molecule has 0 spiro atoms. The molecular formula is C20H26N2O5S. The van der Waals surface area contributed by atoms with Gasteiger partial charge in [-0.1, -0.05) is 18.2 Å². The Morgan fingerprint density at radius 1 is 1.00 bits per heavy atom. The van der Waals surface area contributed by atoms with Gasteiger partial charge in [0.25, 0.3) is 0 Å². The van der Waals surface area contributed by atoms with Crippen LogP contribution in [0.4, 0.5) is 5.69 Å². The minimum atomic E-state index is -3.69. The quantitative estimate of drug-likeness (QED) is 0.729. The molecule has 7 nitrogen and oxygen atoms in total. The maximum atomic E-state index is 12.8. The van der Waals surface area contributed by atoms with Crippen LogP contribution in [-0.2, 0) is 14.8 Å². The number of carbonyl (C=O) groups excluding carboxylic acids is 1. The summed E-state index contributed by atoms with van der Waals surface area (Å²) < 4.78 is 36.3. The third kappa shape index (κ3) is 4.95. The van der Waals surface area contributed by atoms with E-state index < -0.39 is 22.0 Å². The van der Waals surface area contributed by atoms with Gasteiger partial charge in [-0.25, -0.2) is 8.42 Å². The molecule has 0 radical (unpaired) electrons. The van der Waals surface area contributed by atoms with Crippen molar-refractivity contribution in [3.05, 3.63) is 54.1 Å². The van der Waals surface area contributed by atoms with E-state index in [9.17, 15) is 13.2 Å². The maximum Gasteiger partial charge on any atom is 0.244 e. The van der Waals surface area contributed by atoms with E-state index >= 15 is 0 Å². The smallest absolute Gasteiger partial charge is 0.244 e. The van der Waals surface area contributed by atoms with Crippen molar-refractivity contribution in [3.63, 3.8) is 0 Å². The van der Waals surface area contributed by atoms with Gasteiger partial charge in [-0.05, 0) is 44.2 Å². The Hall–Kier alpha value is -2.74. The fourth-order valence-electron chi connectivity index (χ4n) is 2.97. The highest BCUT2D eigenvalue weighted by Gasteiger charge is 2.30. The van der Waals surface area contributed by atoms with Crippen LogP contribution in [0.15, 0.2) is 48.5 Å². The SMILES string of the molecule is COc1ccc(N([C@H](C)C(=O)N[C@@H](C)c2ccccc2OC)S(C)(=O)=O)cc1. The van der Waals surface area contributed by atoms with E-state index in [2.05, 4.69) is 5.32 Å². The number of hydrogen-bond donors (Lipinski definition) is 1. The number of amides is 1. The van der Waals surface area contributed by atoms with Gasteiger partial charge in [0.2, 0.25) is 15.9 Å². The zero-order chi connectivity index (χ0) is 20.9. The van der Waals surface area contributed by atoms with Crippen LogP contribution in [0.1, 0.15) is 25.5 Å². The summed E-state index contributed by atoms with van der Waals surface area (Å²) in [5.41, 5.74) is 1.19. The summed E-state index contributed by atoms with van der Waals surface area (Å²) in [5, 5.41) is 2.87. The van der Waals surface area contributed by atoms with Gasteiger partial charge in [-0.2, -0.15) is 0 Å². The molecule has 2 atom stereocenters. The minimum absolute atomic E-state index is 0.358. The molecule has 1 amide bonds. The first kappa shape index (κ1) is 21.6. The Balaban J connectivity index is 2.26. The lowest BCUT2D eigenvalue weighted by molar-refractivity contribution is -0.122. The molecule has 0 aliphatic carbocycles. The summed E-state index contributed by atoms with van der Waals surface area (Å²) in [7, 11) is -0.601. The first-order chi connectivity index (χ1) is 13.2. The summed E-state index contributed by atoms with van der Waals surface area (Å²) in [6, 6.07) is 12.6. The second-order valence-corrected chi connectivity index (χ2v) is 8.26. The van der Waals surface area contributed by atoms with Gasteiger partial charge < -0.3 is 14.8 Å². The number of methoxy groups -OCH3 is 2. The van der Waals surface area contributed by atoms with Gasteiger partial charge in [0, 0.05) is 5.56 Å². The molecule has 0 aromatic heterocycles. The lowest BCUT2D eigenvalue weighted by Gasteiger charge is -2.29. The van der Waals surface area contributed by atoms with Crippen LogP contribution in [0.25, 0.3) is 0 Å². The molecular weight excluding hydrogens is 380 g/mol. The molecule has 0 aliphatic rings. The highest BCUT2D eigenvalue weighted by molar-refractivity contribution is 7.92. The minimum Gasteiger partial charge on any atom is -0.497 e. The normalized spacial score (nSPS) is 13.3. The molecule has 0 bridgehead atoms. The van der Waals surface area contributed by atoms with Crippen LogP contribution in [0, 0.1) is 0 Å². The van der Waals surface area contributed by atoms with Crippen molar-refractivity contribution < 1.29 is 22.7 Å². The first-order valence-electron chi connectivity index (χ1n) is 8.75. The van der Waals surface area contributed by atoms with E-state index in [1.165, 1.54) is 7.11 Å². The fourth-order valence-corrected chi connectivity index (χ4v) is 4.15. The Morgan fingerprint density at radius 2 is 1.61 bits per heavy atom. The van der Waals surface area contributed by atoms with Crippen molar-refractivity contribution in [3.8, 4) is 11.5 Å². The molecule has 0 aliphatic heterocycles. The van der Waals surface area contributed by atoms with Gasteiger partial charge in [-0.3, -0.25) is 9.10 Å². The molecule has 2 aromatic carbocycles. The Morgan fingerprint density at radius 3 is 2.14 bits per heavy atom. The summed E-state index contributed by atoms with van der Waals surface area (Å²) >= 11 is 0. The third-order valence-corrected chi connectivity index (χ3v) is 5.62. The van der Waals surface area contributed by atoms with E-state index in [-0.39, 0.29) is 6.04 Å². The van der Waals surface area contributed by atoms with Crippen molar-refractivity contribution in [1.29, 1.82) is 0 Å². The van der Waals surface area contributed by atoms with Crippen molar-refractivity contribution >= 4 is 21.6 Å². The average Bonchev–Trinajstić information content (AvgIpc) is 2.67. The van der Waals surface area contributed by atoms with E-state index in [1.54, 1.807) is 38.3 Å². The molecule has 1 N–H and O–H groups in total. The summed E-state index contributed by atoms with van der Waals surface area (Å²) in [6.07, 6.45) is 1.07. The lowest BCUT2D eigenvalue weighted by Crippen LogP contribution is -2.48. The van der Waals surface area contributed by atoms with Gasteiger partial charge >= 0.3 is 0 Å². The number of carbonyl (C=O) groups is 1. The molecule has 2 aromatic rings. The molecule has 0 saturated heterocycles. The lowest BCUT2D eigenvalue weighted by atomic mass is 10.1. The number of benzene rings is 2. The number of para-hydroxylation sites is 1. The predicted molar refractivity (Wildman–Crippen MR) is 109 cm³/mol. The molecule has 0 heterocycles. The number of nitrogens with one attached hydrogen (secondary N) is 1. The Kier molecular flexibility index (Phi) is 6.90. The van der Waals surface area contributed by atoms with Crippen molar-refractivity contribution in [1.82, 2.24) is 5.32 Å². The van der Waals surface area contributed by atoms with E-state index in [0.717, 1.165) is 16.1 Å². The average molecular weight is 407 g/mol. The van der Waals surface area contributed by atoms with Crippen molar-refractivity contribution in [2.75, 3.05) is 24.8 Å². The number of anilines is 1. The third-order valence-electron chi connectivity index (χ3n) is 4.38. The van der Waals surface area contributed by atoms with Crippen LogP contribution in [0.5, 0.6) is 11.5 Å². The van der Waals surface area contributed by atoms with Gasteiger partial charge in [0.1, 0.15) is 17.5 Å². The van der Waals surface area contributed by atoms with Crippen LogP contribution < -0.4 is 19.1 Å². The standard InChI is InChI=1S/C20H26N2O5S/c1-14(18-8-6-7-9-19(18)27-4)21-20(23)15(2)22(28(5,24)25)16-10-12-17(26-3)13-11-16/h6-15H,1-5H3,(H,21,23)/t14-,15+/m0/s1.